The third-order valence-corrected chi connectivity index (χ3v) is 7.62. The number of hydrogen-bond acceptors (Lipinski definition) is 4. The molecule has 0 radical (unpaired) electrons. The Kier molecular flexibility index (Phi) is 5.47. The summed E-state index contributed by atoms with van der Waals surface area (Å²) in [6, 6.07) is 8.77. The van der Waals surface area contributed by atoms with Crippen molar-refractivity contribution in [2.75, 3.05) is 18.4 Å². The number of nitrogens with one attached hydrogen (secondary N) is 1. The first kappa shape index (κ1) is 21.6. The van der Waals surface area contributed by atoms with E-state index in [2.05, 4.69) is 5.32 Å². The molecule has 2 fully saturated rings. The number of rotatable bonds is 5. The summed E-state index contributed by atoms with van der Waals surface area (Å²) < 4.78 is 66.6. The van der Waals surface area contributed by atoms with Crippen LogP contribution in [0.1, 0.15) is 36.3 Å². The zero-order chi connectivity index (χ0) is 22.4. The second-order valence-electron chi connectivity index (χ2n) is 7.81. The van der Waals surface area contributed by atoms with Crippen LogP contribution < -0.4 is 5.32 Å². The molecule has 1 heterocycles. The summed E-state index contributed by atoms with van der Waals surface area (Å²) in [4.78, 5) is 12.6. The Balaban J connectivity index is 1.52. The number of phenols is 1. The van der Waals surface area contributed by atoms with Crippen LogP contribution in [-0.2, 0) is 21.0 Å². The average molecular weight is 454 g/mol. The standard InChI is InChI=1S/C21H21F3N2O4S/c22-21(23,24)17-6-2-1-5-14(17)15-12-16(15)20(28)25-18-11-13(7-8-19(18)27)31(29,30)26-9-3-4-10-26/h1-2,5-8,11,15-16,27H,3-4,9-10,12H2,(H,25,28). The molecule has 1 aliphatic carbocycles. The molecule has 1 aliphatic heterocycles. The van der Waals surface area contributed by atoms with Crippen molar-refractivity contribution < 1.29 is 31.5 Å². The number of amides is 1. The topological polar surface area (TPSA) is 86.7 Å². The van der Waals surface area contributed by atoms with Gasteiger partial charge >= 0.3 is 6.18 Å². The lowest BCUT2D eigenvalue weighted by Gasteiger charge is -2.17. The maximum atomic E-state index is 13.3. The highest BCUT2D eigenvalue weighted by Crippen LogP contribution is 2.51. The summed E-state index contributed by atoms with van der Waals surface area (Å²) in [7, 11) is -3.75. The van der Waals surface area contributed by atoms with Gasteiger partial charge in [-0.15, -0.1) is 0 Å². The number of carbonyl (C=O) groups is 1. The quantitative estimate of drug-likeness (QED) is 0.670. The summed E-state index contributed by atoms with van der Waals surface area (Å²) in [5.41, 5.74) is -0.790. The van der Waals surface area contributed by atoms with E-state index in [1.807, 2.05) is 0 Å². The fraction of sp³-hybridized carbons (Fsp3) is 0.381. The number of carbonyl (C=O) groups excluding carboxylic acids is 1. The Labute approximate surface area is 177 Å². The zero-order valence-corrected chi connectivity index (χ0v) is 17.2. The van der Waals surface area contributed by atoms with Crippen LogP contribution in [0.25, 0.3) is 0 Å². The first-order chi connectivity index (χ1) is 14.6. The molecule has 1 saturated carbocycles. The van der Waals surface area contributed by atoms with Crippen LogP contribution in [0.2, 0.25) is 0 Å². The largest absolute Gasteiger partial charge is 0.506 e. The van der Waals surface area contributed by atoms with Gasteiger partial charge < -0.3 is 10.4 Å². The number of phenolic OH excluding ortho intramolecular Hbond substituents is 1. The van der Waals surface area contributed by atoms with Gasteiger partial charge in [-0.25, -0.2) is 8.42 Å². The predicted octanol–water partition coefficient (Wildman–Crippen LogP) is 3.94. The lowest BCUT2D eigenvalue weighted by Crippen LogP contribution is -2.28. The summed E-state index contributed by atoms with van der Waals surface area (Å²) in [6.45, 7) is 0.820. The van der Waals surface area contributed by atoms with E-state index in [9.17, 15) is 31.5 Å². The van der Waals surface area contributed by atoms with Crippen molar-refractivity contribution in [3.8, 4) is 5.75 Å². The number of sulfonamides is 1. The minimum Gasteiger partial charge on any atom is -0.506 e. The smallest absolute Gasteiger partial charge is 0.416 e. The van der Waals surface area contributed by atoms with Crippen molar-refractivity contribution in [1.82, 2.24) is 4.31 Å². The maximum Gasteiger partial charge on any atom is 0.416 e. The Morgan fingerprint density at radius 1 is 1.10 bits per heavy atom. The third-order valence-electron chi connectivity index (χ3n) is 5.72. The Bertz CT molecular complexity index is 1110. The minimum atomic E-state index is -4.52. The predicted molar refractivity (Wildman–Crippen MR) is 107 cm³/mol. The van der Waals surface area contributed by atoms with Crippen LogP contribution in [0, 0.1) is 5.92 Å². The van der Waals surface area contributed by atoms with Crippen molar-refractivity contribution in [1.29, 1.82) is 0 Å². The Morgan fingerprint density at radius 3 is 2.45 bits per heavy atom. The van der Waals surface area contributed by atoms with Crippen LogP contribution >= 0.6 is 0 Å². The second-order valence-corrected chi connectivity index (χ2v) is 9.75. The summed E-state index contributed by atoms with van der Waals surface area (Å²) >= 11 is 0. The molecule has 31 heavy (non-hydrogen) atoms. The van der Waals surface area contributed by atoms with Crippen molar-refractivity contribution in [2.24, 2.45) is 5.92 Å². The van der Waals surface area contributed by atoms with E-state index in [1.54, 1.807) is 0 Å². The van der Waals surface area contributed by atoms with E-state index in [1.165, 1.54) is 40.7 Å². The van der Waals surface area contributed by atoms with Gasteiger partial charge in [-0.1, -0.05) is 18.2 Å². The minimum absolute atomic E-state index is 0.0581. The molecule has 6 nitrogen and oxygen atoms in total. The van der Waals surface area contributed by atoms with E-state index in [4.69, 9.17) is 0 Å². The van der Waals surface area contributed by atoms with Gasteiger partial charge in [-0.05, 0) is 55.0 Å². The van der Waals surface area contributed by atoms with Gasteiger partial charge in [0.25, 0.3) is 0 Å². The lowest BCUT2D eigenvalue weighted by atomic mass is 10.0. The van der Waals surface area contributed by atoms with Gasteiger partial charge in [0.05, 0.1) is 16.1 Å². The highest BCUT2D eigenvalue weighted by molar-refractivity contribution is 7.89. The second kappa shape index (κ2) is 7.83. The van der Waals surface area contributed by atoms with Crippen molar-refractivity contribution in [3.05, 3.63) is 53.6 Å². The monoisotopic (exact) mass is 454 g/mol. The molecule has 2 N–H and O–H groups in total. The number of benzene rings is 2. The Hall–Kier alpha value is -2.59. The van der Waals surface area contributed by atoms with E-state index in [-0.39, 0.29) is 28.3 Å². The highest BCUT2D eigenvalue weighted by atomic mass is 32.2. The number of alkyl halides is 3. The maximum absolute atomic E-state index is 13.3. The highest BCUT2D eigenvalue weighted by Gasteiger charge is 2.48. The number of anilines is 1. The van der Waals surface area contributed by atoms with Gasteiger partial charge in [0.2, 0.25) is 15.9 Å². The fourth-order valence-electron chi connectivity index (χ4n) is 3.99. The number of hydrogen-bond donors (Lipinski definition) is 2. The molecule has 2 aromatic rings. The van der Waals surface area contributed by atoms with E-state index in [0.717, 1.165) is 18.9 Å². The molecule has 2 unspecified atom stereocenters. The number of halogens is 3. The summed E-state index contributed by atoms with van der Waals surface area (Å²) in [5, 5.41) is 12.6. The Morgan fingerprint density at radius 2 is 1.77 bits per heavy atom. The molecular weight excluding hydrogens is 433 g/mol. The van der Waals surface area contributed by atoms with E-state index in [0.29, 0.717) is 13.1 Å². The van der Waals surface area contributed by atoms with E-state index >= 15 is 0 Å². The van der Waals surface area contributed by atoms with Gasteiger partial charge in [0.1, 0.15) is 5.75 Å². The van der Waals surface area contributed by atoms with Crippen molar-refractivity contribution in [2.45, 2.75) is 36.3 Å². The van der Waals surface area contributed by atoms with E-state index < -0.39 is 39.5 Å². The van der Waals surface area contributed by atoms with Gasteiger partial charge in [0, 0.05) is 19.0 Å². The van der Waals surface area contributed by atoms with Crippen LogP contribution in [0.3, 0.4) is 0 Å². The molecule has 4 rings (SSSR count). The molecule has 166 valence electrons. The van der Waals surface area contributed by atoms with Crippen LogP contribution in [0.5, 0.6) is 5.75 Å². The van der Waals surface area contributed by atoms with Gasteiger partial charge in [-0.2, -0.15) is 17.5 Å². The molecule has 2 aliphatic rings. The first-order valence-corrected chi connectivity index (χ1v) is 11.3. The summed E-state index contributed by atoms with van der Waals surface area (Å²) in [6.07, 6.45) is -2.74. The van der Waals surface area contributed by atoms with Crippen molar-refractivity contribution in [3.63, 3.8) is 0 Å². The molecule has 0 bridgehead atoms. The SMILES string of the molecule is O=C(Nc1cc(S(=O)(=O)N2CCCC2)ccc1O)C1CC1c1ccccc1C(F)(F)F. The van der Waals surface area contributed by atoms with Gasteiger partial charge in [0.15, 0.2) is 0 Å². The number of nitrogens with zero attached hydrogens (tertiary/aromatic N) is 1. The fourth-order valence-corrected chi connectivity index (χ4v) is 5.53. The molecule has 0 spiro atoms. The van der Waals surface area contributed by atoms with Crippen LogP contribution in [0.15, 0.2) is 47.4 Å². The molecule has 10 heteroatoms. The molecule has 1 amide bonds. The molecular formula is C21H21F3N2O4S. The zero-order valence-electron chi connectivity index (χ0n) is 16.4. The molecule has 2 atom stereocenters. The molecule has 1 saturated heterocycles. The summed E-state index contributed by atoms with van der Waals surface area (Å²) in [5.74, 6) is -2.16. The van der Waals surface area contributed by atoms with Gasteiger partial charge in [-0.3, -0.25) is 4.79 Å². The average Bonchev–Trinajstić information content (AvgIpc) is 3.32. The lowest BCUT2D eigenvalue weighted by molar-refractivity contribution is -0.138. The number of aromatic hydroxyl groups is 1. The van der Waals surface area contributed by atoms with Crippen LogP contribution in [-0.4, -0.2) is 36.8 Å². The third kappa shape index (κ3) is 4.27. The molecule has 2 aromatic carbocycles. The van der Waals surface area contributed by atoms with Crippen LogP contribution in [0.4, 0.5) is 18.9 Å². The first-order valence-electron chi connectivity index (χ1n) is 9.89. The molecule has 0 aromatic heterocycles. The normalized spacial score (nSPS) is 21.8. The van der Waals surface area contributed by atoms with Crippen molar-refractivity contribution >= 4 is 21.6 Å².